The molecule has 0 spiro atoms. The van der Waals surface area contributed by atoms with Gasteiger partial charge in [-0.25, -0.2) is 0 Å². The summed E-state index contributed by atoms with van der Waals surface area (Å²) in [5.74, 6) is 0. The molecule has 0 fully saturated rings. The fourth-order valence-corrected chi connectivity index (χ4v) is 5.01. The summed E-state index contributed by atoms with van der Waals surface area (Å²) >= 11 is 0. The van der Waals surface area contributed by atoms with Crippen molar-refractivity contribution in [2.24, 2.45) is 0 Å². The van der Waals surface area contributed by atoms with Crippen LogP contribution in [0.4, 0.5) is 0 Å². The molecule has 0 rings (SSSR count). The van der Waals surface area contributed by atoms with E-state index in [-0.39, 0.29) is 0 Å². The first kappa shape index (κ1) is 14.8. The Hall–Kier alpha value is -0.219. The van der Waals surface area contributed by atoms with E-state index in [1.807, 2.05) is 6.92 Å². The van der Waals surface area contributed by atoms with Crippen molar-refractivity contribution in [3.63, 3.8) is 0 Å². The first-order valence-corrected chi connectivity index (χ1v) is 7.66. The molecule has 1 N–H and O–H groups in total. The Morgan fingerprint density at radius 3 is 2.53 bits per heavy atom. The fourth-order valence-electron chi connectivity index (χ4n) is 1.26. The average molecular weight is 257 g/mol. The predicted molar refractivity (Wildman–Crippen MR) is 62.5 cm³/mol. The fraction of sp³-hybridized carbons (Fsp3) is 0.625. The van der Waals surface area contributed by atoms with E-state index in [1.165, 1.54) is 0 Å². The Morgan fingerprint density at radius 1 is 1.53 bits per heavy atom. The Balaban J connectivity index is 4.11. The second-order valence-electron chi connectivity index (χ2n) is 3.42. The zero-order valence-electron chi connectivity index (χ0n) is 8.84. The summed E-state index contributed by atoms with van der Waals surface area (Å²) in [6, 6.07) is 1.48. The van der Waals surface area contributed by atoms with Crippen LogP contribution in [-0.4, -0.2) is 42.5 Å². The SMILES string of the molecule is C=C(C)C[Si](CCCNC=O)(O[Si])O[Si]. The Morgan fingerprint density at radius 2 is 2.13 bits per heavy atom. The molecule has 0 atom stereocenters. The van der Waals surface area contributed by atoms with Crippen LogP contribution >= 0.6 is 0 Å². The third-order valence-electron chi connectivity index (χ3n) is 1.91. The Bertz CT molecular complexity index is 209. The van der Waals surface area contributed by atoms with Crippen molar-refractivity contribution in [1.29, 1.82) is 0 Å². The molecule has 4 nitrogen and oxygen atoms in total. The van der Waals surface area contributed by atoms with E-state index >= 15 is 0 Å². The van der Waals surface area contributed by atoms with Gasteiger partial charge in [-0.3, -0.25) is 4.79 Å². The van der Waals surface area contributed by atoms with Gasteiger partial charge in [0, 0.05) is 12.6 Å². The van der Waals surface area contributed by atoms with Gasteiger partial charge in [-0.1, -0.05) is 5.57 Å². The maximum Gasteiger partial charge on any atom is 0.321 e. The number of hydrogen-bond donors (Lipinski definition) is 1. The molecule has 82 valence electrons. The summed E-state index contributed by atoms with van der Waals surface area (Å²) < 4.78 is 10.5. The minimum absolute atomic E-state index is 0.625. The molecule has 15 heavy (non-hydrogen) atoms. The predicted octanol–water partition coefficient (Wildman–Crippen LogP) is 0.341. The van der Waals surface area contributed by atoms with Gasteiger partial charge >= 0.3 is 8.56 Å². The van der Waals surface area contributed by atoms with E-state index in [2.05, 4.69) is 32.9 Å². The minimum atomic E-state index is -2.28. The maximum absolute atomic E-state index is 10.1. The molecule has 0 heterocycles. The van der Waals surface area contributed by atoms with Gasteiger partial charge in [-0.2, -0.15) is 0 Å². The summed E-state index contributed by atoms with van der Waals surface area (Å²) in [4.78, 5) is 10.1. The third-order valence-corrected chi connectivity index (χ3v) is 7.14. The van der Waals surface area contributed by atoms with Crippen LogP contribution in [0.1, 0.15) is 13.3 Å². The van der Waals surface area contributed by atoms with E-state index in [4.69, 9.17) is 8.23 Å². The molecule has 0 unspecified atom stereocenters. The summed E-state index contributed by atoms with van der Waals surface area (Å²) in [7, 11) is 3.83. The van der Waals surface area contributed by atoms with Gasteiger partial charge in [-0.05, 0) is 19.4 Å². The van der Waals surface area contributed by atoms with E-state index in [0.717, 1.165) is 18.0 Å². The molecule has 0 bridgehead atoms. The molecule has 0 saturated carbocycles. The lowest BCUT2D eigenvalue weighted by Crippen LogP contribution is -2.41. The molecular weight excluding hydrogens is 242 g/mol. The minimum Gasteiger partial charge on any atom is -0.437 e. The van der Waals surface area contributed by atoms with Crippen LogP contribution in [0.15, 0.2) is 12.2 Å². The van der Waals surface area contributed by atoms with Crippen molar-refractivity contribution in [1.82, 2.24) is 5.32 Å². The number of rotatable bonds is 9. The van der Waals surface area contributed by atoms with Gasteiger partial charge in [0.15, 0.2) is 0 Å². The molecule has 0 aromatic carbocycles. The highest BCUT2D eigenvalue weighted by atomic mass is 28.4. The van der Waals surface area contributed by atoms with Crippen LogP contribution in [0, 0.1) is 0 Å². The average Bonchev–Trinajstić information content (AvgIpc) is 2.22. The largest absolute Gasteiger partial charge is 0.437 e. The molecule has 0 aliphatic rings. The van der Waals surface area contributed by atoms with Crippen LogP contribution in [0.2, 0.25) is 12.1 Å². The second kappa shape index (κ2) is 7.99. The van der Waals surface area contributed by atoms with Crippen LogP contribution in [-0.2, 0) is 13.0 Å². The van der Waals surface area contributed by atoms with Crippen molar-refractivity contribution in [3.8, 4) is 0 Å². The highest BCUT2D eigenvalue weighted by Gasteiger charge is 2.33. The van der Waals surface area contributed by atoms with Crippen molar-refractivity contribution in [2.45, 2.75) is 25.4 Å². The first-order chi connectivity index (χ1) is 7.10. The highest BCUT2D eigenvalue weighted by molar-refractivity contribution is 6.73. The van der Waals surface area contributed by atoms with Crippen LogP contribution in [0.25, 0.3) is 0 Å². The number of hydrogen-bond acceptors (Lipinski definition) is 3. The molecule has 7 heteroatoms. The first-order valence-electron chi connectivity index (χ1n) is 4.61. The van der Waals surface area contributed by atoms with Gasteiger partial charge in [0.2, 0.25) is 27.4 Å². The van der Waals surface area contributed by atoms with E-state index < -0.39 is 8.56 Å². The maximum atomic E-state index is 10.1. The lowest BCUT2D eigenvalue weighted by Gasteiger charge is -2.28. The zero-order chi connectivity index (χ0) is 11.7. The monoisotopic (exact) mass is 257 g/mol. The van der Waals surface area contributed by atoms with Crippen molar-refractivity contribution in [2.75, 3.05) is 6.54 Å². The van der Waals surface area contributed by atoms with Gasteiger partial charge in [0.25, 0.3) is 0 Å². The number of carbonyl (C=O) groups excluding carboxylic acids is 1. The number of amides is 1. The quantitative estimate of drug-likeness (QED) is 0.280. The summed E-state index contributed by atoms with van der Waals surface area (Å²) in [5.41, 5.74) is 1.02. The van der Waals surface area contributed by atoms with Crippen molar-refractivity contribution < 1.29 is 13.0 Å². The Kier molecular flexibility index (Phi) is 7.88. The summed E-state index contributed by atoms with van der Waals surface area (Å²) in [5, 5.41) is 2.60. The molecule has 6 radical (unpaired) electrons. The molecular formula is C8H15NO3Si3. The molecule has 0 aliphatic carbocycles. The Labute approximate surface area is 98.8 Å². The van der Waals surface area contributed by atoms with Crippen LogP contribution < -0.4 is 5.32 Å². The van der Waals surface area contributed by atoms with Gasteiger partial charge < -0.3 is 13.5 Å². The molecule has 0 aromatic rings. The summed E-state index contributed by atoms with van der Waals surface area (Å²) in [6.45, 7) is 6.40. The lowest BCUT2D eigenvalue weighted by molar-refractivity contribution is -0.109. The topological polar surface area (TPSA) is 47.6 Å². The lowest BCUT2D eigenvalue weighted by atomic mass is 10.4. The second-order valence-corrected chi connectivity index (χ2v) is 7.73. The van der Waals surface area contributed by atoms with Gasteiger partial charge in [-0.15, -0.1) is 6.58 Å². The molecule has 0 aliphatic heterocycles. The molecule has 0 saturated heterocycles. The highest BCUT2D eigenvalue weighted by Crippen LogP contribution is 2.22. The van der Waals surface area contributed by atoms with Crippen molar-refractivity contribution >= 4 is 35.9 Å². The van der Waals surface area contributed by atoms with Gasteiger partial charge in [0.1, 0.15) is 0 Å². The van der Waals surface area contributed by atoms with Crippen LogP contribution in [0.3, 0.4) is 0 Å². The molecule has 0 aromatic heterocycles. The van der Waals surface area contributed by atoms with Crippen LogP contribution in [0.5, 0.6) is 0 Å². The van der Waals surface area contributed by atoms with Gasteiger partial charge in [0.05, 0.1) is 0 Å². The summed E-state index contributed by atoms with van der Waals surface area (Å²) in [6.07, 6.45) is 1.50. The number of carbonyl (C=O) groups is 1. The van der Waals surface area contributed by atoms with E-state index in [1.54, 1.807) is 0 Å². The normalized spacial score (nSPS) is 11.1. The van der Waals surface area contributed by atoms with Crippen molar-refractivity contribution in [3.05, 3.63) is 12.2 Å². The number of nitrogens with one attached hydrogen (secondary N) is 1. The van der Waals surface area contributed by atoms with E-state index in [0.29, 0.717) is 19.0 Å². The smallest absolute Gasteiger partial charge is 0.321 e. The molecule has 1 amide bonds. The zero-order valence-corrected chi connectivity index (χ0v) is 11.8. The van der Waals surface area contributed by atoms with E-state index in [9.17, 15) is 4.79 Å². The number of allylic oxidation sites excluding steroid dienone is 1. The third kappa shape index (κ3) is 6.05. The standard InChI is InChI=1S/C8H15NO3Si3/c1-8(2)6-15(11-13,12-14)5-3-4-9-7-10/h7H,1,3-6H2,2H3,(H,9,10).